The summed E-state index contributed by atoms with van der Waals surface area (Å²) < 4.78 is 0. The minimum atomic E-state index is 0.501. The minimum Gasteiger partial charge on any atom is -0.319 e. The van der Waals surface area contributed by atoms with Gasteiger partial charge in [0.1, 0.15) is 0 Å². The molecular weight excluding hydrogens is 194 g/mol. The van der Waals surface area contributed by atoms with Gasteiger partial charge in [0.25, 0.3) is 0 Å². The van der Waals surface area contributed by atoms with E-state index in [2.05, 4.69) is 22.2 Å². The molecule has 0 aromatic carbocycles. The van der Waals surface area contributed by atoms with Gasteiger partial charge in [-0.25, -0.2) is 9.97 Å². The number of hydrogen-bond acceptors (Lipinski definition) is 4. The molecule has 0 aliphatic rings. The Morgan fingerprint density at radius 2 is 1.93 bits per heavy atom. The highest BCUT2D eigenvalue weighted by atomic mass is 32.2. The first-order valence-corrected chi connectivity index (χ1v) is 5.63. The predicted octanol–water partition coefficient (Wildman–Crippen LogP) is 1.79. The molecule has 0 fully saturated rings. The highest BCUT2D eigenvalue weighted by Gasteiger charge is 2.06. The Labute approximate surface area is 89.7 Å². The topological polar surface area (TPSA) is 37.8 Å². The third-order valence-corrected chi connectivity index (χ3v) is 2.72. The zero-order valence-corrected chi connectivity index (χ0v) is 9.98. The lowest BCUT2D eigenvalue weighted by molar-refractivity contribution is 0.779. The Bertz CT molecular complexity index is 281. The summed E-state index contributed by atoms with van der Waals surface area (Å²) in [5, 5.41) is 4.52. The van der Waals surface area contributed by atoms with Crippen molar-refractivity contribution in [2.45, 2.75) is 31.2 Å². The Balaban J connectivity index is 2.66. The second-order valence-electron chi connectivity index (χ2n) is 3.42. The molecule has 0 saturated carbocycles. The molecule has 1 aromatic rings. The van der Waals surface area contributed by atoms with Crippen LogP contribution in [0.25, 0.3) is 0 Å². The van der Waals surface area contributed by atoms with E-state index in [1.54, 1.807) is 11.8 Å². The molecule has 1 heterocycles. The van der Waals surface area contributed by atoms with Gasteiger partial charge in [0, 0.05) is 23.2 Å². The second-order valence-corrected chi connectivity index (χ2v) is 4.83. The first-order chi connectivity index (χ1) is 6.61. The first kappa shape index (κ1) is 11.5. The van der Waals surface area contributed by atoms with E-state index < -0.39 is 0 Å². The molecule has 1 N–H and O–H groups in total. The Morgan fingerprint density at radius 3 is 2.43 bits per heavy atom. The normalized spacial score (nSPS) is 12.9. The molecule has 0 saturated heterocycles. The molecular formula is C10H17N3S. The number of hydrogen-bond donors (Lipinski definition) is 1. The summed E-state index contributed by atoms with van der Waals surface area (Å²) in [6, 6.07) is 1.99. The highest BCUT2D eigenvalue weighted by Crippen LogP contribution is 2.19. The maximum Gasteiger partial charge on any atom is 0.188 e. The maximum absolute atomic E-state index is 4.38. The molecule has 0 amide bonds. The molecule has 14 heavy (non-hydrogen) atoms. The molecule has 0 aliphatic heterocycles. The average molecular weight is 211 g/mol. The van der Waals surface area contributed by atoms with Crippen LogP contribution >= 0.6 is 11.8 Å². The van der Waals surface area contributed by atoms with Gasteiger partial charge in [-0.05, 0) is 27.0 Å². The van der Waals surface area contributed by atoms with E-state index >= 15 is 0 Å². The predicted molar refractivity (Wildman–Crippen MR) is 60.8 cm³/mol. The lowest BCUT2D eigenvalue weighted by Gasteiger charge is -2.09. The molecule has 1 unspecified atom stereocenters. The van der Waals surface area contributed by atoms with E-state index in [4.69, 9.17) is 0 Å². The first-order valence-electron chi connectivity index (χ1n) is 4.75. The van der Waals surface area contributed by atoms with Crippen LogP contribution < -0.4 is 5.32 Å². The maximum atomic E-state index is 4.38. The molecule has 78 valence electrons. The summed E-state index contributed by atoms with van der Waals surface area (Å²) in [4.78, 5) is 8.76. The third-order valence-electron chi connectivity index (χ3n) is 1.76. The lowest BCUT2D eigenvalue weighted by atomic mass is 10.4. The third kappa shape index (κ3) is 3.64. The van der Waals surface area contributed by atoms with Crippen molar-refractivity contribution in [3.8, 4) is 0 Å². The van der Waals surface area contributed by atoms with Gasteiger partial charge >= 0.3 is 0 Å². The Morgan fingerprint density at radius 1 is 1.36 bits per heavy atom. The van der Waals surface area contributed by atoms with Gasteiger partial charge in [-0.15, -0.1) is 0 Å². The van der Waals surface area contributed by atoms with Crippen LogP contribution in [0.5, 0.6) is 0 Å². The molecule has 1 aromatic heterocycles. The van der Waals surface area contributed by atoms with Crippen LogP contribution in [-0.4, -0.2) is 28.8 Å². The van der Waals surface area contributed by atoms with Gasteiger partial charge in [0.05, 0.1) is 0 Å². The van der Waals surface area contributed by atoms with Crippen molar-refractivity contribution in [1.82, 2.24) is 15.3 Å². The van der Waals surface area contributed by atoms with Crippen LogP contribution in [0.4, 0.5) is 0 Å². The molecule has 1 atom stereocenters. The number of nitrogens with one attached hydrogen (secondary N) is 1. The van der Waals surface area contributed by atoms with Crippen LogP contribution in [0, 0.1) is 13.8 Å². The van der Waals surface area contributed by atoms with Gasteiger partial charge in [-0.3, -0.25) is 0 Å². The number of thioether (sulfide) groups is 1. The fraction of sp³-hybridized carbons (Fsp3) is 0.600. The van der Waals surface area contributed by atoms with Gasteiger partial charge < -0.3 is 5.32 Å². The van der Waals surface area contributed by atoms with E-state index in [9.17, 15) is 0 Å². The smallest absolute Gasteiger partial charge is 0.188 e. The van der Waals surface area contributed by atoms with E-state index in [1.165, 1.54) is 0 Å². The van der Waals surface area contributed by atoms with Crippen molar-refractivity contribution < 1.29 is 0 Å². The molecule has 0 bridgehead atoms. The minimum absolute atomic E-state index is 0.501. The Hall–Kier alpha value is -0.610. The van der Waals surface area contributed by atoms with Crippen molar-refractivity contribution in [3.05, 3.63) is 17.5 Å². The summed E-state index contributed by atoms with van der Waals surface area (Å²) in [6.07, 6.45) is 0. The zero-order chi connectivity index (χ0) is 10.6. The summed E-state index contributed by atoms with van der Waals surface area (Å²) >= 11 is 1.71. The summed E-state index contributed by atoms with van der Waals surface area (Å²) in [6.45, 7) is 7.15. The van der Waals surface area contributed by atoms with Crippen LogP contribution in [0.3, 0.4) is 0 Å². The van der Waals surface area contributed by atoms with E-state index in [-0.39, 0.29) is 0 Å². The molecule has 0 radical (unpaired) electrons. The zero-order valence-electron chi connectivity index (χ0n) is 9.16. The number of nitrogens with zero attached hydrogens (tertiary/aromatic N) is 2. The second kappa shape index (κ2) is 5.32. The fourth-order valence-electron chi connectivity index (χ4n) is 1.26. The van der Waals surface area contributed by atoms with Crippen molar-refractivity contribution >= 4 is 11.8 Å². The molecule has 3 nitrogen and oxygen atoms in total. The number of rotatable bonds is 4. The average Bonchev–Trinajstić information content (AvgIpc) is 2.01. The van der Waals surface area contributed by atoms with E-state index in [1.807, 2.05) is 27.0 Å². The van der Waals surface area contributed by atoms with Gasteiger partial charge in [-0.2, -0.15) is 0 Å². The standard InChI is InChI=1S/C10H17N3S/c1-7-5-8(2)13-10(12-7)14-9(3)6-11-4/h5,9,11H,6H2,1-4H3. The van der Waals surface area contributed by atoms with Crippen molar-refractivity contribution in [2.24, 2.45) is 0 Å². The summed E-state index contributed by atoms with van der Waals surface area (Å²) in [5.41, 5.74) is 2.08. The van der Waals surface area contributed by atoms with Crippen molar-refractivity contribution in [3.63, 3.8) is 0 Å². The van der Waals surface area contributed by atoms with Crippen molar-refractivity contribution in [1.29, 1.82) is 0 Å². The van der Waals surface area contributed by atoms with Crippen LogP contribution in [-0.2, 0) is 0 Å². The van der Waals surface area contributed by atoms with Crippen LogP contribution in [0.2, 0.25) is 0 Å². The quantitative estimate of drug-likeness (QED) is 0.608. The molecule has 0 aliphatic carbocycles. The largest absolute Gasteiger partial charge is 0.319 e. The lowest BCUT2D eigenvalue weighted by Crippen LogP contribution is -2.18. The molecule has 1 rings (SSSR count). The van der Waals surface area contributed by atoms with E-state index in [0.29, 0.717) is 5.25 Å². The number of aryl methyl sites for hydroxylation is 2. The fourth-order valence-corrected chi connectivity index (χ4v) is 2.26. The highest BCUT2D eigenvalue weighted by molar-refractivity contribution is 7.99. The van der Waals surface area contributed by atoms with Gasteiger partial charge in [0.2, 0.25) is 0 Å². The van der Waals surface area contributed by atoms with Gasteiger partial charge in [0.15, 0.2) is 5.16 Å². The number of aromatic nitrogens is 2. The van der Waals surface area contributed by atoms with E-state index in [0.717, 1.165) is 23.1 Å². The molecule has 0 spiro atoms. The molecule has 4 heteroatoms. The Kier molecular flexibility index (Phi) is 4.35. The summed E-state index contributed by atoms with van der Waals surface area (Å²) in [7, 11) is 1.96. The van der Waals surface area contributed by atoms with Crippen LogP contribution in [0.15, 0.2) is 11.2 Å². The monoisotopic (exact) mass is 211 g/mol. The van der Waals surface area contributed by atoms with Crippen LogP contribution in [0.1, 0.15) is 18.3 Å². The summed E-state index contributed by atoms with van der Waals surface area (Å²) in [5.74, 6) is 0. The van der Waals surface area contributed by atoms with Crippen molar-refractivity contribution in [2.75, 3.05) is 13.6 Å². The SMILES string of the molecule is CNCC(C)Sc1nc(C)cc(C)n1. The van der Waals surface area contributed by atoms with Gasteiger partial charge in [-0.1, -0.05) is 18.7 Å².